The molecule has 1 aliphatic carbocycles. The normalized spacial score (nSPS) is 23.6. The fourth-order valence-corrected chi connectivity index (χ4v) is 4.10. The second-order valence-corrected chi connectivity index (χ2v) is 7.05. The molecule has 0 amide bonds. The van der Waals surface area contributed by atoms with Crippen LogP contribution < -0.4 is 0 Å². The molecule has 0 aromatic rings. The summed E-state index contributed by atoms with van der Waals surface area (Å²) in [5.74, 6) is 1.20. The van der Waals surface area contributed by atoms with Crippen molar-refractivity contribution in [2.45, 2.75) is 51.2 Å². The summed E-state index contributed by atoms with van der Waals surface area (Å²) >= 11 is 0. The zero-order valence-electron chi connectivity index (χ0n) is 8.71. The topological polar surface area (TPSA) is 40.9 Å². The molecule has 0 radical (unpaired) electrons. The minimum Gasteiger partial charge on any atom is -0.253 e. The van der Waals surface area contributed by atoms with Gasteiger partial charge in [0.15, 0.2) is 0 Å². The van der Waals surface area contributed by atoms with Gasteiger partial charge < -0.3 is 0 Å². The van der Waals surface area contributed by atoms with Crippen molar-refractivity contribution >= 4 is 9.73 Å². The first-order valence-electron chi connectivity index (χ1n) is 5.27. The van der Waals surface area contributed by atoms with Crippen LogP contribution in [-0.2, 0) is 9.73 Å². The van der Waals surface area contributed by atoms with Crippen LogP contribution >= 0.6 is 0 Å². The summed E-state index contributed by atoms with van der Waals surface area (Å²) in [5, 5.41) is 0.214. The molecule has 0 spiro atoms. The second kappa shape index (κ2) is 4.45. The van der Waals surface area contributed by atoms with Crippen molar-refractivity contribution in [3.8, 4) is 0 Å². The number of rotatable bonds is 4. The van der Waals surface area contributed by atoms with Crippen LogP contribution in [0.4, 0.5) is 0 Å². The minimum absolute atomic E-state index is 0.214. The highest BCUT2D eigenvalue weighted by molar-refractivity contribution is 7.93. The summed E-state index contributed by atoms with van der Waals surface area (Å²) in [6.45, 7) is 4.26. The van der Waals surface area contributed by atoms with Gasteiger partial charge in [-0.3, -0.25) is 4.78 Å². The molecule has 0 aromatic heterocycles. The largest absolute Gasteiger partial charge is 0.253 e. The summed E-state index contributed by atoms with van der Waals surface area (Å²) in [6, 6.07) is 0. The molecule has 0 unspecified atom stereocenters. The van der Waals surface area contributed by atoms with Crippen molar-refractivity contribution in [1.82, 2.24) is 0 Å². The Kier molecular flexibility index (Phi) is 3.77. The lowest BCUT2D eigenvalue weighted by atomic mass is 10.2. The Morgan fingerprint density at radius 2 is 1.92 bits per heavy atom. The summed E-state index contributed by atoms with van der Waals surface area (Å²) < 4.78 is 19.8. The SMILES string of the molecule is CC(C)CC[S@@](=N)(=O)C1CCCC1. The van der Waals surface area contributed by atoms with E-state index in [4.69, 9.17) is 4.78 Å². The molecule has 0 bridgehead atoms. The van der Waals surface area contributed by atoms with E-state index in [9.17, 15) is 4.21 Å². The van der Waals surface area contributed by atoms with Crippen LogP contribution in [0.2, 0.25) is 0 Å². The maximum Gasteiger partial charge on any atom is 0.0470 e. The first-order valence-corrected chi connectivity index (χ1v) is 7.06. The molecule has 0 aliphatic heterocycles. The Labute approximate surface area is 82.1 Å². The first kappa shape index (κ1) is 11.0. The monoisotopic (exact) mass is 203 g/mol. The minimum atomic E-state index is -2.26. The lowest BCUT2D eigenvalue weighted by Gasteiger charge is -2.15. The van der Waals surface area contributed by atoms with Gasteiger partial charge in [-0.15, -0.1) is 0 Å². The molecule has 0 heterocycles. The third-order valence-electron chi connectivity index (χ3n) is 2.84. The quantitative estimate of drug-likeness (QED) is 0.749. The van der Waals surface area contributed by atoms with E-state index in [1.807, 2.05) is 0 Å². The van der Waals surface area contributed by atoms with Gasteiger partial charge in [0.05, 0.1) is 0 Å². The van der Waals surface area contributed by atoms with E-state index in [1.54, 1.807) is 0 Å². The zero-order valence-corrected chi connectivity index (χ0v) is 9.53. The van der Waals surface area contributed by atoms with Gasteiger partial charge in [0.2, 0.25) is 0 Å². The van der Waals surface area contributed by atoms with Gasteiger partial charge in [-0.05, 0) is 25.2 Å². The molecular formula is C10H21NOS. The van der Waals surface area contributed by atoms with Crippen LogP contribution in [0.5, 0.6) is 0 Å². The van der Waals surface area contributed by atoms with Crippen LogP contribution in [0.25, 0.3) is 0 Å². The predicted molar refractivity (Wildman–Crippen MR) is 57.4 cm³/mol. The van der Waals surface area contributed by atoms with E-state index in [1.165, 1.54) is 12.8 Å². The van der Waals surface area contributed by atoms with Crippen molar-refractivity contribution in [3.05, 3.63) is 0 Å². The summed E-state index contributed by atoms with van der Waals surface area (Å²) in [5.41, 5.74) is 0. The van der Waals surface area contributed by atoms with Crippen LogP contribution in [0.15, 0.2) is 0 Å². The smallest absolute Gasteiger partial charge is 0.0470 e. The highest BCUT2D eigenvalue weighted by Crippen LogP contribution is 2.26. The lowest BCUT2D eigenvalue weighted by Crippen LogP contribution is -2.20. The maximum absolute atomic E-state index is 12.0. The Bertz CT molecular complexity index is 238. The van der Waals surface area contributed by atoms with Gasteiger partial charge in [-0.1, -0.05) is 26.7 Å². The van der Waals surface area contributed by atoms with Crippen LogP contribution in [0, 0.1) is 10.7 Å². The van der Waals surface area contributed by atoms with E-state index in [0.29, 0.717) is 11.7 Å². The lowest BCUT2D eigenvalue weighted by molar-refractivity contribution is 0.609. The second-order valence-electron chi connectivity index (χ2n) is 4.52. The van der Waals surface area contributed by atoms with Crippen LogP contribution in [0.3, 0.4) is 0 Å². The summed E-state index contributed by atoms with van der Waals surface area (Å²) in [7, 11) is -2.26. The average molecular weight is 203 g/mol. The average Bonchev–Trinajstić information content (AvgIpc) is 2.53. The van der Waals surface area contributed by atoms with E-state index in [-0.39, 0.29) is 5.25 Å². The van der Waals surface area contributed by atoms with Crippen molar-refractivity contribution in [1.29, 1.82) is 4.78 Å². The highest BCUT2D eigenvalue weighted by Gasteiger charge is 2.25. The Morgan fingerprint density at radius 1 is 1.38 bits per heavy atom. The molecule has 1 fully saturated rings. The molecule has 0 aromatic carbocycles. The van der Waals surface area contributed by atoms with Gasteiger partial charge in [-0.2, -0.15) is 0 Å². The summed E-state index contributed by atoms with van der Waals surface area (Å²) in [4.78, 5) is 0. The number of nitrogens with one attached hydrogen (secondary N) is 1. The molecule has 1 atom stereocenters. The third kappa shape index (κ3) is 3.29. The van der Waals surface area contributed by atoms with Crippen molar-refractivity contribution in [2.75, 3.05) is 5.75 Å². The van der Waals surface area contributed by atoms with Crippen LogP contribution in [0.1, 0.15) is 46.0 Å². The fourth-order valence-electron chi connectivity index (χ4n) is 1.85. The Hall–Kier alpha value is -0.0500. The van der Waals surface area contributed by atoms with Crippen molar-refractivity contribution in [3.63, 3.8) is 0 Å². The van der Waals surface area contributed by atoms with Gasteiger partial charge in [0.1, 0.15) is 0 Å². The van der Waals surface area contributed by atoms with Crippen molar-refractivity contribution < 1.29 is 4.21 Å². The maximum atomic E-state index is 12.0. The number of hydrogen-bond acceptors (Lipinski definition) is 2. The van der Waals surface area contributed by atoms with Gasteiger partial charge in [0, 0.05) is 20.7 Å². The molecule has 3 heteroatoms. The molecule has 78 valence electrons. The Morgan fingerprint density at radius 3 is 2.38 bits per heavy atom. The van der Waals surface area contributed by atoms with Crippen molar-refractivity contribution in [2.24, 2.45) is 5.92 Å². The molecule has 13 heavy (non-hydrogen) atoms. The van der Waals surface area contributed by atoms with Crippen LogP contribution in [-0.4, -0.2) is 15.2 Å². The molecule has 1 aliphatic rings. The van der Waals surface area contributed by atoms with Gasteiger partial charge in [-0.25, -0.2) is 4.21 Å². The standard InChI is InChI=1S/C10H21NOS/c1-9(2)7-8-13(11,12)10-5-3-4-6-10/h9-11H,3-8H2,1-2H3/t13-/m1/s1. The molecule has 1 rings (SSSR count). The molecule has 2 nitrogen and oxygen atoms in total. The van der Waals surface area contributed by atoms with Gasteiger partial charge >= 0.3 is 0 Å². The molecular weight excluding hydrogens is 182 g/mol. The number of hydrogen-bond donors (Lipinski definition) is 1. The molecule has 1 saturated carbocycles. The fraction of sp³-hybridized carbons (Fsp3) is 1.00. The molecule has 1 N–H and O–H groups in total. The zero-order chi connectivity index (χ0) is 9.90. The summed E-state index contributed by atoms with van der Waals surface area (Å²) in [6.07, 6.45) is 5.37. The molecule has 0 saturated heterocycles. The van der Waals surface area contributed by atoms with E-state index in [0.717, 1.165) is 19.3 Å². The highest BCUT2D eigenvalue weighted by atomic mass is 32.2. The Balaban J connectivity index is 2.45. The van der Waals surface area contributed by atoms with E-state index >= 15 is 0 Å². The van der Waals surface area contributed by atoms with E-state index < -0.39 is 9.73 Å². The predicted octanol–water partition coefficient (Wildman–Crippen LogP) is 3.02. The van der Waals surface area contributed by atoms with E-state index in [2.05, 4.69) is 13.8 Å². The first-order chi connectivity index (χ1) is 6.02. The van der Waals surface area contributed by atoms with Gasteiger partial charge in [0.25, 0.3) is 0 Å². The third-order valence-corrected chi connectivity index (χ3v) is 5.23.